The molecule has 0 amide bonds. The number of aromatic nitrogens is 1. The summed E-state index contributed by atoms with van der Waals surface area (Å²) in [5.41, 5.74) is 0.131. The number of carboxylic acids is 1. The number of ether oxygens (including phenoxy) is 1. The van der Waals surface area contributed by atoms with Crippen LogP contribution in [0.5, 0.6) is 11.6 Å². The Kier molecular flexibility index (Phi) is 3.57. The topological polar surface area (TPSA) is 59.4 Å². The highest BCUT2D eigenvalue weighted by molar-refractivity contribution is 9.10. The molecule has 0 spiro atoms. The van der Waals surface area contributed by atoms with Crippen LogP contribution in [0.3, 0.4) is 0 Å². The molecule has 0 aliphatic carbocycles. The molecule has 1 aromatic heterocycles. The third-order valence-electron chi connectivity index (χ3n) is 2.09. The summed E-state index contributed by atoms with van der Waals surface area (Å²) < 4.78 is 19.1. The monoisotopic (exact) mass is 311 g/mol. The molecule has 0 radical (unpaired) electrons. The van der Waals surface area contributed by atoms with Crippen molar-refractivity contribution in [2.75, 3.05) is 0 Å². The Morgan fingerprint density at radius 2 is 2.00 bits per heavy atom. The summed E-state index contributed by atoms with van der Waals surface area (Å²) in [6.07, 6.45) is 1.41. The van der Waals surface area contributed by atoms with Gasteiger partial charge in [0.1, 0.15) is 5.75 Å². The van der Waals surface area contributed by atoms with Crippen molar-refractivity contribution in [1.29, 1.82) is 0 Å². The zero-order valence-electron chi connectivity index (χ0n) is 8.93. The fraction of sp³-hybridized carbons (Fsp3) is 0. The van der Waals surface area contributed by atoms with Crippen LogP contribution >= 0.6 is 15.9 Å². The zero-order valence-corrected chi connectivity index (χ0v) is 10.5. The van der Waals surface area contributed by atoms with Crippen LogP contribution in [0.25, 0.3) is 0 Å². The maximum Gasteiger partial charge on any atom is 0.335 e. The minimum absolute atomic E-state index is 0.131. The van der Waals surface area contributed by atoms with E-state index in [1.54, 1.807) is 0 Å². The molecule has 0 unspecified atom stereocenters. The molecule has 1 N–H and O–H groups in total. The second-order valence-electron chi connectivity index (χ2n) is 3.37. The molecule has 2 aromatic rings. The smallest absolute Gasteiger partial charge is 0.335 e. The molecular weight excluding hydrogens is 305 g/mol. The first-order chi connectivity index (χ1) is 8.56. The predicted molar refractivity (Wildman–Crippen MR) is 65.4 cm³/mol. The SMILES string of the molecule is O=C(O)c1ccc(Oc2ncc(Br)cc2F)cc1. The summed E-state index contributed by atoms with van der Waals surface area (Å²) in [6.45, 7) is 0. The predicted octanol–water partition coefficient (Wildman–Crippen LogP) is 3.47. The fourth-order valence-electron chi connectivity index (χ4n) is 1.25. The zero-order chi connectivity index (χ0) is 13.1. The van der Waals surface area contributed by atoms with Gasteiger partial charge in [-0.05, 0) is 46.3 Å². The summed E-state index contributed by atoms with van der Waals surface area (Å²) in [4.78, 5) is 14.4. The lowest BCUT2D eigenvalue weighted by molar-refractivity contribution is 0.0697. The average Bonchev–Trinajstić information content (AvgIpc) is 2.33. The van der Waals surface area contributed by atoms with Crippen molar-refractivity contribution in [1.82, 2.24) is 4.98 Å². The molecule has 1 heterocycles. The number of carbonyl (C=O) groups is 1. The number of halogens is 2. The second kappa shape index (κ2) is 5.14. The van der Waals surface area contributed by atoms with Crippen molar-refractivity contribution in [2.24, 2.45) is 0 Å². The first-order valence-electron chi connectivity index (χ1n) is 4.88. The van der Waals surface area contributed by atoms with Gasteiger partial charge in [0.15, 0.2) is 5.82 Å². The van der Waals surface area contributed by atoms with Gasteiger partial charge in [0.2, 0.25) is 0 Å². The van der Waals surface area contributed by atoms with Gasteiger partial charge in [-0.15, -0.1) is 0 Å². The highest BCUT2D eigenvalue weighted by Crippen LogP contribution is 2.24. The Labute approximate surface area is 110 Å². The standard InChI is InChI=1S/C12H7BrFNO3/c13-8-5-10(14)11(15-6-8)18-9-3-1-7(2-4-9)12(16)17/h1-6H,(H,16,17). The average molecular weight is 312 g/mol. The Morgan fingerprint density at radius 3 is 2.56 bits per heavy atom. The van der Waals surface area contributed by atoms with Crippen molar-refractivity contribution in [3.63, 3.8) is 0 Å². The summed E-state index contributed by atoms with van der Waals surface area (Å²) >= 11 is 3.08. The van der Waals surface area contributed by atoms with Gasteiger partial charge in [0, 0.05) is 10.7 Å². The van der Waals surface area contributed by atoms with Crippen molar-refractivity contribution in [3.8, 4) is 11.6 Å². The maximum atomic E-state index is 13.4. The molecule has 0 bridgehead atoms. The minimum Gasteiger partial charge on any atom is -0.478 e. The Hall–Kier alpha value is -1.95. The molecule has 0 aliphatic heterocycles. The number of pyridine rings is 1. The molecule has 0 saturated heterocycles. The van der Waals surface area contributed by atoms with Gasteiger partial charge >= 0.3 is 5.97 Å². The Bertz CT molecular complexity index is 586. The van der Waals surface area contributed by atoms with Crippen LogP contribution < -0.4 is 4.74 Å². The van der Waals surface area contributed by atoms with E-state index in [-0.39, 0.29) is 11.4 Å². The van der Waals surface area contributed by atoms with E-state index in [1.165, 1.54) is 36.5 Å². The van der Waals surface area contributed by atoms with Crippen molar-refractivity contribution in [3.05, 3.63) is 52.4 Å². The van der Waals surface area contributed by atoms with Gasteiger partial charge in [0.25, 0.3) is 5.88 Å². The van der Waals surface area contributed by atoms with Crippen molar-refractivity contribution < 1.29 is 19.0 Å². The lowest BCUT2D eigenvalue weighted by Crippen LogP contribution is -1.96. The van der Waals surface area contributed by atoms with Crippen LogP contribution in [0.15, 0.2) is 41.0 Å². The highest BCUT2D eigenvalue weighted by Gasteiger charge is 2.08. The van der Waals surface area contributed by atoms with E-state index in [9.17, 15) is 9.18 Å². The van der Waals surface area contributed by atoms with Crippen molar-refractivity contribution in [2.45, 2.75) is 0 Å². The van der Waals surface area contributed by atoms with Crippen LogP contribution in [0, 0.1) is 5.82 Å². The maximum absolute atomic E-state index is 13.4. The van der Waals surface area contributed by atoms with Crippen LogP contribution in [0.4, 0.5) is 4.39 Å². The summed E-state index contributed by atoms with van der Waals surface area (Å²) in [5.74, 6) is -1.49. The first kappa shape index (κ1) is 12.5. The normalized spacial score (nSPS) is 10.1. The van der Waals surface area contributed by atoms with Gasteiger partial charge < -0.3 is 9.84 Å². The van der Waals surface area contributed by atoms with Crippen molar-refractivity contribution >= 4 is 21.9 Å². The summed E-state index contributed by atoms with van der Waals surface area (Å²) in [5, 5.41) is 8.72. The molecule has 0 saturated carbocycles. The molecular formula is C12H7BrFNO3. The fourth-order valence-corrected chi connectivity index (χ4v) is 1.56. The van der Waals surface area contributed by atoms with Gasteiger partial charge in [-0.2, -0.15) is 0 Å². The molecule has 0 fully saturated rings. The van der Waals surface area contributed by atoms with E-state index >= 15 is 0 Å². The largest absolute Gasteiger partial charge is 0.478 e. The first-order valence-corrected chi connectivity index (χ1v) is 5.68. The molecule has 2 rings (SSSR count). The second-order valence-corrected chi connectivity index (χ2v) is 4.29. The molecule has 92 valence electrons. The van der Waals surface area contributed by atoms with E-state index in [1.807, 2.05) is 0 Å². The van der Waals surface area contributed by atoms with E-state index in [0.717, 1.165) is 0 Å². The van der Waals surface area contributed by atoms with E-state index in [2.05, 4.69) is 20.9 Å². The molecule has 6 heteroatoms. The number of carboxylic acid groups (broad SMARTS) is 1. The van der Waals surface area contributed by atoms with Crippen LogP contribution in [0.1, 0.15) is 10.4 Å². The molecule has 18 heavy (non-hydrogen) atoms. The lowest BCUT2D eigenvalue weighted by Gasteiger charge is -2.05. The van der Waals surface area contributed by atoms with Crippen LogP contribution in [-0.2, 0) is 0 Å². The molecule has 0 aliphatic rings. The van der Waals surface area contributed by atoms with Gasteiger partial charge in [-0.25, -0.2) is 14.2 Å². The van der Waals surface area contributed by atoms with E-state index in [4.69, 9.17) is 9.84 Å². The lowest BCUT2D eigenvalue weighted by atomic mass is 10.2. The third kappa shape index (κ3) is 2.84. The Balaban J connectivity index is 2.21. The number of hydrogen-bond acceptors (Lipinski definition) is 3. The molecule has 0 atom stereocenters. The summed E-state index contributed by atoms with van der Waals surface area (Å²) in [7, 11) is 0. The number of hydrogen-bond donors (Lipinski definition) is 1. The summed E-state index contributed by atoms with van der Waals surface area (Å²) in [6, 6.07) is 6.84. The van der Waals surface area contributed by atoms with E-state index < -0.39 is 11.8 Å². The van der Waals surface area contributed by atoms with Gasteiger partial charge in [-0.1, -0.05) is 0 Å². The van der Waals surface area contributed by atoms with E-state index in [0.29, 0.717) is 10.2 Å². The quantitative estimate of drug-likeness (QED) is 0.943. The van der Waals surface area contributed by atoms with Crippen LogP contribution in [0.2, 0.25) is 0 Å². The molecule has 4 nitrogen and oxygen atoms in total. The van der Waals surface area contributed by atoms with Gasteiger partial charge in [0.05, 0.1) is 5.56 Å². The van der Waals surface area contributed by atoms with Crippen LogP contribution in [-0.4, -0.2) is 16.1 Å². The number of benzene rings is 1. The van der Waals surface area contributed by atoms with Gasteiger partial charge in [-0.3, -0.25) is 0 Å². The minimum atomic E-state index is -1.03. The highest BCUT2D eigenvalue weighted by atomic mass is 79.9. The number of rotatable bonds is 3. The number of aromatic carboxylic acids is 1. The molecule has 1 aromatic carbocycles. The third-order valence-corrected chi connectivity index (χ3v) is 2.52. The Morgan fingerprint density at radius 1 is 1.33 bits per heavy atom. The number of nitrogens with zero attached hydrogens (tertiary/aromatic N) is 1.